The van der Waals surface area contributed by atoms with E-state index in [1.165, 1.54) is 6.92 Å². The number of amides is 2. The maximum Gasteiger partial charge on any atom is 0.248 e. The lowest BCUT2D eigenvalue weighted by Crippen LogP contribution is -2.46. The number of aromatic nitrogens is 2. The van der Waals surface area contributed by atoms with Crippen LogP contribution in [0.25, 0.3) is 0 Å². The fraction of sp³-hybridized carbons (Fsp3) is 0.583. The van der Waals surface area contributed by atoms with Gasteiger partial charge in [0, 0.05) is 18.7 Å². The summed E-state index contributed by atoms with van der Waals surface area (Å²) in [7, 11) is 0. The zero-order chi connectivity index (χ0) is 13.7. The average molecular weight is 252 g/mol. The van der Waals surface area contributed by atoms with Crippen LogP contribution in [0.2, 0.25) is 0 Å². The third-order valence-electron chi connectivity index (χ3n) is 2.57. The quantitative estimate of drug-likeness (QED) is 0.732. The highest BCUT2D eigenvalue weighted by Crippen LogP contribution is 2.09. The van der Waals surface area contributed by atoms with Gasteiger partial charge in [-0.2, -0.15) is 5.10 Å². The van der Waals surface area contributed by atoms with E-state index < -0.39 is 6.04 Å². The van der Waals surface area contributed by atoms with Crippen molar-refractivity contribution in [3.05, 3.63) is 11.8 Å². The number of hydrogen-bond donors (Lipinski definition) is 3. The minimum absolute atomic E-state index is 0.0125. The third kappa shape index (κ3) is 3.87. The first kappa shape index (κ1) is 14.2. The van der Waals surface area contributed by atoms with Gasteiger partial charge in [0.15, 0.2) is 5.82 Å². The summed E-state index contributed by atoms with van der Waals surface area (Å²) in [6, 6.07) is 1.23. The van der Waals surface area contributed by atoms with Gasteiger partial charge in [-0.05, 0) is 12.3 Å². The van der Waals surface area contributed by atoms with E-state index in [1.807, 2.05) is 20.8 Å². The van der Waals surface area contributed by atoms with Gasteiger partial charge in [-0.25, -0.2) is 0 Å². The minimum atomic E-state index is -0.552. The van der Waals surface area contributed by atoms with Crippen LogP contribution in [0.15, 0.2) is 6.07 Å². The number of carbonyl (C=O) groups is 2. The Kier molecular flexibility index (Phi) is 4.88. The second kappa shape index (κ2) is 6.18. The van der Waals surface area contributed by atoms with E-state index in [-0.39, 0.29) is 17.7 Å². The highest BCUT2D eigenvalue weighted by molar-refractivity contribution is 5.96. The second-order valence-corrected chi connectivity index (χ2v) is 4.54. The number of aromatic amines is 1. The molecule has 0 aliphatic heterocycles. The molecule has 1 aromatic heterocycles. The number of rotatable bonds is 5. The first-order chi connectivity index (χ1) is 8.43. The summed E-state index contributed by atoms with van der Waals surface area (Å²) in [5.41, 5.74) is 0.950. The van der Waals surface area contributed by atoms with E-state index >= 15 is 0 Å². The van der Waals surface area contributed by atoms with Crippen LogP contribution >= 0.6 is 0 Å². The smallest absolute Gasteiger partial charge is 0.248 e. The number of nitrogens with zero attached hydrogens (tertiary/aromatic N) is 1. The van der Waals surface area contributed by atoms with Crippen LogP contribution in [0.4, 0.5) is 5.82 Å². The number of carbonyl (C=O) groups excluding carboxylic acids is 2. The zero-order valence-electron chi connectivity index (χ0n) is 11.2. The van der Waals surface area contributed by atoms with Gasteiger partial charge in [0.1, 0.15) is 6.04 Å². The van der Waals surface area contributed by atoms with Gasteiger partial charge in [0.05, 0.1) is 0 Å². The van der Waals surface area contributed by atoms with Crippen molar-refractivity contribution in [3.8, 4) is 0 Å². The summed E-state index contributed by atoms with van der Waals surface area (Å²) in [5, 5.41) is 12.1. The van der Waals surface area contributed by atoms with Crippen molar-refractivity contribution in [3.63, 3.8) is 0 Å². The van der Waals surface area contributed by atoms with Crippen molar-refractivity contribution in [2.45, 2.75) is 40.2 Å². The van der Waals surface area contributed by atoms with Crippen LogP contribution in [0.5, 0.6) is 0 Å². The molecule has 0 aromatic carbocycles. The van der Waals surface area contributed by atoms with Gasteiger partial charge in [-0.3, -0.25) is 14.7 Å². The summed E-state index contributed by atoms with van der Waals surface area (Å²) in [4.78, 5) is 23.1. The molecule has 1 unspecified atom stereocenters. The molecular weight excluding hydrogens is 232 g/mol. The van der Waals surface area contributed by atoms with Gasteiger partial charge >= 0.3 is 0 Å². The Hall–Kier alpha value is -1.85. The van der Waals surface area contributed by atoms with Crippen LogP contribution in [0.1, 0.15) is 33.4 Å². The predicted octanol–water partition coefficient (Wildman–Crippen LogP) is 1.07. The highest BCUT2D eigenvalue weighted by Gasteiger charge is 2.23. The fourth-order valence-electron chi connectivity index (χ4n) is 1.56. The Bertz CT molecular complexity index is 425. The molecule has 0 fully saturated rings. The summed E-state index contributed by atoms with van der Waals surface area (Å²) < 4.78 is 0. The van der Waals surface area contributed by atoms with Crippen molar-refractivity contribution >= 4 is 17.6 Å². The number of nitrogens with one attached hydrogen (secondary N) is 3. The first-order valence-corrected chi connectivity index (χ1v) is 6.06. The van der Waals surface area contributed by atoms with Gasteiger partial charge in [-0.1, -0.05) is 20.8 Å². The Morgan fingerprint density at radius 1 is 1.44 bits per heavy atom. The van der Waals surface area contributed by atoms with Gasteiger partial charge < -0.3 is 10.6 Å². The number of aryl methyl sites for hydroxylation is 1. The molecule has 18 heavy (non-hydrogen) atoms. The Labute approximate surface area is 107 Å². The molecule has 0 spiro atoms. The standard InChI is InChI=1S/C12H20N4O2/c1-5-9-6-10(16-15-9)14-12(18)11(7(2)3)13-8(4)17/h6-7,11H,5H2,1-4H3,(H,13,17)(H2,14,15,16,18). The van der Waals surface area contributed by atoms with E-state index in [0.717, 1.165) is 12.1 Å². The lowest BCUT2D eigenvalue weighted by atomic mass is 10.0. The molecule has 1 atom stereocenters. The Balaban J connectivity index is 2.69. The lowest BCUT2D eigenvalue weighted by Gasteiger charge is -2.20. The third-order valence-corrected chi connectivity index (χ3v) is 2.57. The molecule has 0 aliphatic rings. The van der Waals surface area contributed by atoms with Crippen molar-refractivity contribution in [1.82, 2.24) is 15.5 Å². The van der Waals surface area contributed by atoms with E-state index in [1.54, 1.807) is 6.07 Å². The largest absolute Gasteiger partial charge is 0.344 e. The Morgan fingerprint density at radius 3 is 2.56 bits per heavy atom. The molecule has 0 saturated carbocycles. The molecule has 1 rings (SSSR count). The van der Waals surface area contributed by atoms with Gasteiger partial charge in [0.2, 0.25) is 11.8 Å². The molecule has 6 nitrogen and oxygen atoms in total. The van der Waals surface area contributed by atoms with Crippen LogP contribution in [0.3, 0.4) is 0 Å². The Morgan fingerprint density at radius 2 is 2.11 bits per heavy atom. The van der Waals surface area contributed by atoms with E-state index in [0.29, 0.717) is 5.82 Å². The maximum absolute atomic E-state index is 12.0. The highest BCUT2D eigenvalue weighted by atomic mass is 16.2. The normalized spacial score (nSPS) is 12.3. The molecular formula is C12H20N4O2. The van der Waals surface area contributed by atoms with Crippen molar-refractivity contribution in [2.75, 3.05) is 5.32 Å². The molecule has 0 bridgehead atoms. The molecule has 1 heterocycles. The van der Waals surface area contributed by atoms with Crippen LogP contribution < -0.4 is 10.6 Å². The molecule has 0 saturated heterocycles. The van der Waals surface area contributed by atoms with Crippen molar-refractivity contribution in [2.24, 2.45) is 5.92 Å². The summed E-state index contributed by atoms with van der Waals surface area (Å²) in [6.07, 6.45) is 0.822. The number of hydrogen-bond acceptors (Lipinski definition) is 3. The average Bonchev–Trinajstić information content (AvgIpc) is 2.72. The second-order valence-electron chi connectivity index (χ2n) is 4.54. The molecule has 3 N–H and O–H groups in total. The van der Waals surface area contributed by atoms with Gasteiger partial charge in [-0.15, -0.1) is 0 Å². The number of H-pyrrole nitrogens is 1. The zero-order valence-corrected chi connectivity index (χ0v) is 11.2. The number of anilines is 1. The topological polar surface area (TPSA) is 86.9 Å². The minimum Gasteiger partial charge on any atom is -0.344 e. The summed E-state index contributed by atoms with van der Waals surface area (Å²) >= 11 is 0. The SMILES string of the molecule is CCc1cc(NC(=O)C(NC(C)=O)C(C)C)n[nH]1. The predicted molar refractivity (Wildman–Crippen MR) is 69.0 cm³/mol. The molecule has 100 valence electrons. The molecule has 0 aliphatic carbocycles. The summed E-state index contributed by atoms with van der Waals surface area (Å²) in [6.45, 7) is 7.14. The van der Waals surface area contributed by atoms with Crippen molar-refractivity contribution < 1.29 is 9.59 Å². The molecule has 0 radical (unpaired) electrons. The van der Waals surface area contributed by atoms with Gasteiger partial charge in [0.25, 0.3) is 0 Å². The fourth-order valence-corrected chi connectivity index (χ4v) is 1.56. The molecule has 1 aromatic rings. The van der Waals surface area contributed by atoms with Crippen LogP contribution in [-0.2, 0) is 16.0 Å². The first-order valence-electron chi connectivity index (χ1n) is 6.06. The van der Waals surface area contributed by atoms with Crippen LogP contribution in [-0.4, -0.2) is 28.1 Å². The molecule has 6 heteroatoms. The van der Waals surface area contributed by atoms with Crippen molar-refractivity contribution in [1.29, 1.82) is 0 Å². The summed E-state index contributed by atoms with van der Waals surface area (Å²) in [5.74, 6) is 0.0146. The lowest BCUT2D eigenvalue weighted by molar-refractivity contribution is -0.126. The van der Waals surface area contributed by atoms with E-state index in [4.69, 9.17) is 0 Å². The van der Waals surface area contributed by atoms with Crippen LogP contribution in [0, 0.1) is 5.92 Å². The van der Waals surface area contributed by atoms with E-state index in [2.05, 4.69) is 20.8 Å². The monoisotopic (exact) mass is 252 g/mol. The van der Waals surface area contributed by atoms with E-state index in [9.17, 15) is 9.59 Å². The maximum atomic E-state index is 12.0. The molecule has 2 amide bonds.